The summed E-state index contributed by atoms with van der Waals surface area (Å²) in [5.41, 5.74) is 20.4. The van der Waals surface area contributed by atoms with E-state index in [1.807, 2.05) is 24.3 Å². The summed E-state index contributed by atoms with van der Waals surface area (Å²) in [7, 11) is 0. The molecule has 12 aromatic rings. The van der Waals surface area contributed by atoms with Gasteiger partial charge in [0.25, 0.3) is 0 Å². The molecule has 0 amide bonds. The normalized spacial score (nSPS) is 10.8. The molecule has 0 heterocycles. The molecule has 0 atom stereocenters. The van der Waals surface area contributed by atoms with E-state index >= 15 is 0 Å². The van der Waals surface area contributed by atoms with E-state index < -0.39 is 0 Å². The molecule has 0 radical (unpaired) electrons. The average molecular weight is 1010 g/mol. The van der Waals surface area contributed by atoms with Crippen molar-refractivity contribution >= 4 is 79.6 Å². The van der Waals surface area contributed by atoms with Gasteiger partial charge in [-0.05, 0) is 131 Å². The predicted octanol–water partition coefficient (Wildman–Crippen LogP) is 20.6. The van der Waals surface area contributed by atoms with E-state index in [0.717, 1.165) is 113 Å². The van der Waals surface area contributed by atoms with Crippen LogP contribution in [0, 0.1) is 0 Å². The molecule has 0 aliphatic heterocycles. The first-order valence-electron chi connectivity index (χ1n) is 26.3. The second kappa shape index (κ2) is 22.9. The number of para-hydroxylation sites is 6. The van der Waals surface area contributed by atoms with Gasteiger partial charge in [-0.3, -0.25) is 0 Å². The minimum absolute atomic E-state index is 0.942. The highest BCUT2D eigenvalue weighted by Crippen LogP contribution is 2.50. The largest absolute Gasteiger partial charge is 0.353 e. The van der Waals surface area contributed by atoms with Crippen LogP contribution in [0.4, 0.5) is 79.6 Å². The number of rotatable bonds is 17. The molecule has 0 unspecified atom stereocenters. The SMILES string of the molecule is c1ccc(Nc2c(-c3ccccc3)ccc(N(c3ccccc3)c3ccc(-c4ccc(N(c5ccccc5)c5ccc(-c6ccccc6)c(Nc6ccccc6)c5Nc5ccccc5)cc4)cc3)c2Nc2ccccc2)cc1. The van der Waals surface area contributed by atoms with Gasteiger partial charge >= 0.3 is 0 Å². The lowest BCUT2D eigenvalue weighted by atomic mass is 9.99. The van der Waals surface area contributed by atoms with E-state index in [-0.39, 0.29) is 0 Å². The standard InChI is InChI=1S/C72H56N6/c1-9-25-55(26-10-1)65-49-51-67(71(75-59-33-17-5-18-34-59)69(65)73-57-29-13-3-14-30-57)77(61-37-21-7-22-38-61)63-45-41-53(42-46-63)54-43-47-64(48-44-54)78(62-39-23-8-24-40-62)68-52-50-66(56-27-11-2-12-28-56)70(74-58-31-15-4-16-32-58)72(68)76-60-35-19-6-20-36-60/h1-52,73-76H. The fourth-order valence-electron chi connectivity index (χ4n) is 10.1. The van der Waals surface area contributed by atoms with Gasteiger partial charge < -0.3 is 31.1 Å². The molecule has 0 saturated heterocycles. The fourth-order valence-corrected chi connectivity index (χ4v) is 10.1. The van der Waals surface area contributed by atoms with Crippen LogP contribution in [0.5, 0.6) is 0 Å². The lowest BCUT2D eigenvalue weighted by Crippen LogP contribution is -2.13. The molecule has 0 aromatic heterocycles. The van der Waals surface area contributed by atoms with Gasteiger partial charge in [0.1, 0.15) is 0 Å². The summed E-state index contributed by atoms with van der Waals surface area (Å²) >= 11 is 0. The third kappa shape index (κ3) is 10.7. The molecule has 0 aliphatic rings. The summed E-state index contributed by atoms with van der Waals surface area (Å²) in [5.74, 6) is 0. The first kappa shape index (κ1) is 48.4. The van der Waals surface area contributed by atoms with Crippen molar-refractivity contribution in [2.75, 3.05) is 31.1 Å². The van der Waals surface area contributed by atoms with Crippen LogP contribution in [0.2, 0.25) is 0 Å². The molecular formula is C72H56N6. The Balaban J connectivity index is 0.951. The molecule has 4 N–H and O–H groups in total. The Labute approximate surface area is 457 Å². The van der Waals surface area contributed by atoms with Crippen LogP contribution in [0.3, 0.4) is 0 Å². The first-order valence-corrected chi connectivity index (χ1v) is 26.3. The first-order chi connectivity index (χ1) is 38.7. The molecule has 374 valence electrons. The highest BCUT2D eigenvalue weighted by molar-refractivity contribution is 6.03. The third-order valence-electron chi connectivity index (χ3n) is 13.8. The molecule has 12 aromatic carbocycles. The number of benzene rings is 12. The Hall–Kier alpha value is -10.6. The third-order valence-corrected chi connectivity index (χ3v) is 13.8. The van der Waals surface area contributed by atoms with Crippen LogP contribution in [-0.4, -0.2) is 0 Å². The van der Waals surface area contributed by atoms with Gasteiger partial charge in [0.15, 0.2) is 0 Å². The van der Waals surface area contributed by atoms with Crippen molar-refractivity contribution in [1.29, 1.82) is 0 Å². The van der Waals surface area contributed by atoms with E-state index in [9.17, 15) is 0 Å². The van der Waals surface area contributed by atoms with Crippen LogP contribution < -0.4 is 31.1 Å². The molecule has 6 nitrogen and oxygen atoms in total. The molecule has 78 heavy (non-hydrogen) atoms. The van der Waals surface area contributed by atoms with Crippen LogP contribution in [-0.2, 0) is 0 Å². The lowest BCUT2D eigenvalue weighted by molar-refractivity contribution is 1.27. The van der Waals surface area contributed by atoms with E-state index in [2.05, 4.69) is 322 Å². The van der Waals surface area contributed by atoms with Crippen molar-refractivity contribution in [3.63, 3.8) is 0 Å². The minimum Gasteiger partial charge on any atom is -0.353 e. The number of hydrogen-bond acceptors (Lipinski definition) is 6. The van der Waals surface area contributed by atoms with Crippen molar-refractivity contribution in [1.82, 2.24) is 0 Å². The molecule has 0 spiro atoms. The van der Waals surface area contributed by atoms with Crippen molar-refractivity contribution < 1.29 is 0 Å². The number of nitrogens with one attached hydrogen (secondary N) is 4. The summed E-state index contributed by atoms with van der Waals surface area (Å²) in [6.45, 7) is 0. The molecule has 0 aliphatic carbocycles. The number of nitrogens with zero attached hydrogens (tertiary/aromatic N) is 2. The van der Waals surface area contributed by atoms with Crippen molar-refractivity contribution in [3.05, 3.63) is 315 Å². The monoisotopic (exact) mass is 1000 g/mol. The Kier molecular flexibility index (Phi) is 14.2. The number of anilines is 14. The summed E-state index contributed by atoms with van der Waals surface area (Å²) in [4.78, 5) is 4.68. The van der Waals surface area contributed by atoms with E-state index in [0.29, 0.717) is 0 Å². The highest BCUT2D eigenvalue weighted by atomic mass is 15.2. The predicted molar refractivity (Wildman–Crippen MR) is 331 cm³/mol. The zero-order valence-corrected chi connectivity index (χ0v) is 42.9. The molecular weight excluding hydrogens is 949 g/mol. The Bertz CT molecular complexity index is 3590. The molecule has 12 rings (SSSR count). The van der Waals surface area contributed by atoms with Gasteiger partial charge in [0, 0.05) is 56.6 Å². The van der Waals surface area contributed by atoms with Crippen LogP contribution in [0.25, 0.3) is 33.4 Å². The second-order valence-electron chi connectivity index (χ2n) is 18.9. The van der Waals surface area contributed by atoms with Gasteiger partial charge in [-0.2, -0.15) is 0 Å². The van der Waals surface area contributed by atoms with Crippen LogP contribution in [0.15, 0.2) is 315 Å². The van der Waals surface area contributed by atoms with Crippen molar-refractivity contribution in [2.24, 2.45) is 0 Å². The second-order valence-corrected chi connectivity index (χ2v) is 18.9. The summed E-state index contributed by atoms with van der Waals surface area (Å²) in [6.07, 6.45) is 0. The van der Waals surface area contributed by atoms with Gasteiger partial charge in [-0.25, -0.2) is 0 Å². The zero-order valence-electron chi connectivity index (χ0n) is 42.9. The Morgan fingerprint density at radius 3 is 0.718 bits per heavy atom. The van der Waals surface area contributed by atoms with E-state index in [1.165, 1.54) is 0 Å². The van der Waals surface area contributed by atoms with E-state index in [1.54, 1.807) is 0 Å². The Morgan fingerprint density at radius 1 is 0.179 bits per heavy atom. The van der Waals surface area contributed by atoms with E-state index in [4.69, 9.17) is 0 Å². The fraction of sp³-hybridized carbons (Fsp3) is 0. The zero-order chi connectivity index (χ0) is 52.3. The van der Waals surface area contributed by atoms with Gasteiger partial charge in [0.2, 0.25) is 0 Å². The summed E-state index contributed by atoms with van der Waals surface area (Å²) in [6, 6.07) is 111. The van der Waals surface area contributed by atoms with Crippen LogP contribution >= 0.6 is 0 Å². The van der Waals surface area contributed by atoms with Gasteiger partial charge in [0.05, 0.1) is 34.1 Å². The number of hydrogen-bond donors (Lipinski definition) is 4. The van der Waals surface area contributed by atoms with Gasteiger partial charge in [-0.15, -0.1) is 0 Å². The maximum atomic E-state index is 3.89. The van der Waals surface area contributed by atoms with Crippen LogP contribution in [0.1, 0.15) is 0 Å². The molecule has 0 saturated carbocycles. The smallest absolute Gasteiger partial charge is 0.0874 e. The lowest BCUT2D eigenvalue weighted by Gasteiger charge is -2.31. The van der Waals surface area contributed by atoms with Crippen molar-refractivity contribution in [2.45, 2.75) is 0 Å². The summed E-state index contributed by atoms with van der Waals surface area (Å²) < 4.78 is 0. The highest BCUT2D eigenvalue weighted by Gasteiger charge is 2.25. The molecule has 0 bridgehead atoms. The quantitative estimate of drug-likeness (QED) is 0.0729. The summed E-state index contributed by atoms with van der Waals surface area (Å²) in [5, 5.41) is 15.5. The molecule has 0 fully saturated rings. The van der Waals surface area contributed by atoms with Gasteiger partial charge in [-0.1, -0.05) is 206 Å². The minimum atomic E-state index is 0.942. The average Bonchev–Trinajstić information content (AvgIpc) is 3.62. The topological polar surface area (TPSA) is 54.6 Å². The maximum absolute atomic E-state index is 3.89. The van der Waals surface area contributed by atoms with Crippen molar-refractivity contribution in [3.8, 4) is 33.4 Å². The Morgan fingerprint density at radius 2 is 0.423 bits per heavy atom. The maximum Gasteiger partial charge on any atom is 0.0874 e. The molecule has 6 heteroatoms.